The van der Waals surface area contributed by atoms with Crippen LogP contribution in [0.4, 0.5) is 0 Å². The van der Waals surface area contributed by atoms with Gasteiger partial charge in [-0.2, -0.15) is 0 Å². The Labute approximate surface area is 83.8 Å². The summed E-state index contributed by atoms with van der Waals surface area (Å²) in [6.07, 6.45) is 0.706. The van der Waals surface area contributed by atoms with Gasteiger partial charge in [0, 0.05) is 5.33 Å². The average Bonchev–Trinajstić information content (AvgIpc) is 2.02. The second-order valence-corrected chi connectivity index (χ2v) is 6.42. The first-order valence-electron chi connectivity index (χ1n) is 4.21. The van der Waals surface area contributed by atoms with Crippen LogP contribution < -0.4 is 0 Å². The van der Waals surface area contributed by atoms with Crippen molar-refractivity contribution in [2.24, 2.45) is 5.92 Å². The Morgan fingerprint density at radius 1 is 1.33 bits per heavy atom. The minimum atomic E-state index is -2.85. The maximum Gasteiger partial charge on any atom is 0.153 e. The van der Waals surface area contributed by atoms with Gasteiger partial charge in [-0.3, -0.25) is 0 Å². The van der Waals surface area contributed by atoms with Gasteiger partial charge in [0.15, 0.2) is 9.84 Å². The fourth-order valence-corrected chi connectivity index (χ4v) is 3.14. The van der Waals surface area contributed by atoms with Gasteiger partial charge in [-0.15, -0.1) is 0 Å². The van der Waals surface area contributed by atoms with Crippen LogP contribution >= 0.6 is 15.9 Å². The molecule has 4 heteroatoms. The predicted molar refractivity (Wildman–Crippen MR) is 56.5 cm³/mol. The summed E-state index contributed by atoms with van der Waals surface area (Å²) < 4.78 is 23.0. The molecular weight excluding hydrogens is 240 g/mol. The van der Waals surface area contributed by atoms with E-state index in [4.69, 9.17) is 0 Å². The van der Waals surface area contributed by atoms with E-state index < -0.39 is 9.84 Å². The van der Waals surface area contributed by atoms with Crippen molar-refractivity contribution in [1.82, 2.24) is 0 Å². The van der Waals surface area contributed by atoms with Gasteiger partial charge in [0.05, 0.1) is 11.0 Å². The van der Waals surface area contributed by atoms with Crippen molar-refractivity contribution in [3.63, 3.8) is 0 Å². The summed E-state index contributed by atoms with van der Waals surface area (Å²) >= 11 is 3.27. The van der Waals surface area contributed by atoms with Crippen molar-refractivity contribution in [3.05, 3.63) is 0 Å². The zero-order valence-electron chi connectivity index (χ0n) is 7.88. The van der Waals surface area contributed by atoms with Crippen LogP contribution in [0.2, 0.25) is 0 Å². The van der Waals surface area contributed by atoms with E-state index in [1.54, 1.807) is 6.92 Å². The molecule has 0 amide bonds. The van der Waals surface area contributed by atoms with Crippen molar-refractivity contribution in [2.45, 2.75) is 32.4 Å². The first kappa shape index (κ1) is 12.4. The number of sulfone groups is 1. The smallest absolute Gasteiger partial charge is 0.153 e. The third kappa shape index (κ3) is 3.90. The van der Waals surface area contributed by atoms with Gasteiger partial charge in [0.25, 0.3) is 0 Å². The highest BCUT2D eigenvalue weighted by Crippen LogP contribution is 2.11. The molecule has 2 unspecified atom stereocenters. The molecule has 12 heavy (non-hydrogen) atoms. The van der Waals surface area contributed by atoms with E-state index in [9.17, 15) is 8.42 Å². The molecule has 2 nitrogen and oxygen atoms in total. The molecular formula is C8H17BrO2S. The highest BCUT2D eigenvalue weighted by atomic mass is 79.9. The van der Waals surface area contributed by atoms with E-state index in [-0.39, 0.29) is 11.2 Å². The van der Waals surface area contributed by atoms with Gasteiger partial charge >= 0.3 is 0 Å². The van der Waals surface area contributed by atoms with E-state index in [1.165, 1.54) is 0 Å². The minimum absolute atomic E-state index is 0.195. The molecule has 0 heterocycles. The van der Waals surface area contributed by atoms with E-state index in [0.717, 1.165) is 5.33 Å². The van der Waals surface area contributed by atoms with Crippen molar-refractivity contribution in [2.75, 3.05) is 11.1 Å². The number of halogens is 1. The molecule has 2 atom stereocenters. The summed E-state index contributed by atoms with van der Waals surface area (Å²) in [5.74, 6) is 0.511. The van der Waals surface area contributed by atoms with Crippen LogP contribution in [0.5, 0.6) is 0 Å². The number of hydrogen-bond acceptors (Lipinski definition) is 2. The summed E-state index contributed by atoms with van der Waals surface area (Å²) in [5, 5.41) is 0.557. The predicted octanol–water partition coefficient (Wildman–Crippen LogP) is 2.23. The normalized spacial score (nSPS) is 17.3. The molecule has 0 bridgehead atoms. The van der Waals surface area contributed by atoms with Crippen LogP contribution in [0.15, 0.2) is 0 Å². The molecule has 0 aromatic rings. The van der Waals surface area contributed by atoms with Gasteiger partial charge in [-0.05, 0) is 19.3 Å². The van der Waals surface area contributed by atoms with Gasteiger partial charge < -0.3 is 0 Å². The highest BCUT2D eigenvalue weighted by molar-refractivity contribution is 9.09. The second-order valence-electron chi connectivity index (χ2n) is 3.31. The lowest BCUT2D eigenvalue weighted by molar-refractivity contribution is 0.569. The summed E-state index contributed by atoms with van der Waals surface area (Å²) in [7, 11) is -2.85. The number of alkyl halides is 1. The SMILES string of the molecule is CCC(C)S(=O)(=O)CC(C)CBr. The molecule has 0 rings (SSSR count). The Morgan fingerprint density at radius 3 is 2.17 bits per heavy atom. The van der Waals surface area contributed by atoms with Gasteiger partial charge in [0.1, 0.15) is 0 Å². The molecule has 0 spiro atoms. The third-order valence-electron chi connectivity index (χ3n) is 1.97. The molecule has 0 fully saturated rings. The van der Waals surface area contributed by atoms with E-state index in [1.807, 2.05) is 13.8 Å². The van der Waals surface area contributed by atoms with E-state index >= 15 is 0 Å². The van der Waals surface area contributed by atoms with Crippen molar-refractivity contribution < 1.29 is 8.42 Å². The lowest BCUT2D eigenvalue weighted by Gasteiger charge is -2.13. The monoisotopic (exact) mass is 256 g/mol. The molecule has 74 valence electrons. The van der Waals surface area contributed by atoms with Gasteiger partial charge in [-0.1, -0.05) is 29.8 Å². The summed E-state index contributed by atoms with van der Waals surface area (Å²) in [5.41, 5.74) is 0. The molecule has 0 aromatic carbocycles. The Hall–Kier alpha value is 0.430. The first-order chi connectivity index (χ1) is 5.44. The van der Waals surface area contributed by atoms with Crippen LogP contribution in [0.1, 0.15) is 27.2 Å². The average molecular weight is 257 g/mol. The fraction of sp³-hybridized carbons (Fsp3) is 1.00. The van der Waals surface area contributed by atoms with E-state index in [2.05, 4.69) is 15.9 Å². The zero-order chi connectivity index (χ0) is 9.78. The van der Waals surface area contributed by atoms with Gasteiger partial charge in [-0.25, -0.2) is 8.42 Å². The first-order valence-corrected chi connectivity index (χ1v) is 7.05. The maximum absolute atomic E-state index is 11.5. The number of hydrogen-bond donors (Lipinski definition) is 0. The minimum Gasteiger partial charge on any atom is -0.229 e. The van der Waals surface area contributed by atoms with Crippen molar-refractivity contribution in [1.29, 1.82) is 0 Å². The molecule has 0 radical (unpaired) electrons. The number of rotatable bonds is 5. The van der Waals surface area contributed by atoms with Crippen LogP contribution in [0, 0.1) is 5.92 Å². The molecule has 0 aliphatic heterocycles. The van der Waals surface area contributed by atoms with Gasteiger partial charge in [0.2, 0.25) is 0 Å². The molecule has 0 saturated heterocycles. The van der Waals surface area contributed by atoms with Crippen LogP contribution in [-0.4, -0.2) is 24.8 Å². The molecule has 0 saturated carbocycles. The maximum atomic E-state index is 11.5. The Kier molecular flexibility index (Phi) is 5.41. The topological polar surface area (TPSA) is 34.1 Å². The molecule has 0 aromatic heterocycles. The lowest BCUT2D eigenvalue weighted by atomic mass is 10.3. The fourth-order valence-electron chi connectivity index (χ4n) is 0.859. The van der Waals surface area contributed by atoms with Crippen LogP contribution in [-0.2, 0) is 9.84 Å². The summed E-state index contributed by atoms with van der Waals surface area (Å²) in [4.78, 5) is 0. The Balaban J connectivity index is 4.23. The molecule has 0 N–H and O–H groups in total. The van der Waals surface area contributed by atoms with Crippen molar-refractivity contribution in [3.8, 4) is 0 Å². The quantitative estimate of drug-likeness (QED) is 0.708. The van der Waals surface area contributed by atoms with Crippen LogP contribution in [0.3, 0.4) is 0 Å². The Bertz CT molecular complexity index is 211. The lowest BCUT2D eigenvalue weighted by Crippen LogP contribution is -2.24. The van der Waals surface area contributed by atoms with Crippen LogP contribution in [0.25, 0.3) is 0 Å². The van der Waals surface area contributed by atoms with Crippen molar-refractivity contribution >= 4 is 25.8 Å². The summed E-state index contributed by atoms with van der Waals surface area (Å²) in [6, 6.07) is 0. The molecule has 0 aliphatic rings. The zero-order valence-corrected chi connectivity index (χ0v) is 10.3. The van der Waals surface area contributed by atoms with E-state index in [0.29, 0.717) is 12.2 Å². The largest absolute Gasteiger partial charge is 0.229 e. The summed E-state index contributed by atoms with van der Waals surface area (Å²) in [6.45, 7) is 5.62. The highest BCUT2D eigenvalue weighted by Gasteiger charge is 2.21. The Morgan fingerprint density at radius 2 is 1.83 bits per heavy atom. The standard InChI is InChI=1S/C8H17BrO2S/c1-4-8(3)12(10,11)6-7(2)5-9/h7-8H,4-6H2,1-3H3. The third-order valence-corrected chi connectivity index (χ3v) is 5.67. The second kappa shape index (κ2) is 5.22. The molecule has 0 aliphatic carbocycles.